The summed E-state index contributed by atoms with van der Waals surface area (Å²) in [5.74, 6) is 0.0787. The summed E-state index contributed by atoms with van der Waals surface area (Å²) in [6, 6.07) is 0.0632. The zero-order valence-corrected chi connectivity index (χ0v) is 13.4. The molecule has 1 aromatic heterocycles. The number of likely N-dealkylation sites (N-methyl/N-ethyl adjacent to an activating group) is 1. The molecule has 1 aromatic rings. The first-order valence-electron chi connectivity index (χ1n) is 7.45. The van der Waals surface area contributed by atoms with Gasteiger partial charge in [-0.1, -0.05) is 0 Å². The van der Waals surface area contributed by atoms with Crippen molar-refractivity contribution in [1.82, 2.24) is 19.6 Å². The summed E-state index contributed by atoms with van der Waals surface area (Å²) in [4.78, 5) is 16.2. The fourth-order valence-corrected chi connectivity index (χ4v) is 3.03. The summed E-state index contributed by atoms with van der Waals surface area (Å²) in [6.45, 7) is 5.44. The molecule has 0 bridgehead atoms. The highest BCUT2D eigenvalue weighted by Crippen LogP contribution is 2.26. The van der Waals surface area contributed by atoms with E-state index in [0.717, 1.165) is 24.9 Å². The molecule has 1 atom stereocenters. The van der Waals surface area contributed by atoms with Crippen LogP contribution in [0.15, 0.2) is 12.4 Å². The largest absolute Gasteiger partial charge is 0.389 e. The van der Waals surface area contributed by atoms with Crippen molar-refractivity contribution in [1.29, 1.82) is 0 Å². The number of hydrogen-bond donors (Lipinski definition) is 1. The van der Waals surface area contributed by atoms with E-state index < -0.39 is 5.60 Å². The molecule has 1 amide bonds. The number of aryl methyl sites for hydroxylation is 1. The fourth-order valence-electron chi connectivity index (χ4n) is 3.03. The van der Waals surface area contributed by atoms with Gasteiger partial charge in [0.25, 0.3) is 0 Å². The van der Waals surface area contributed by atoms with Gasteiger partial charge in [-0.2, -0.15) is 5.10 Å². The van der Waals surface area contributed by atoms with E-state index in [2.05, 4.69) is 10.00 Å². The Morgan fingerprint density at radius 2 is 2.29 bits per heavy atom. The summed E-state index contributed by atoms with van der Waals surface area (Å²) < 4.78 is 1.73. The second kappa shape index (κ2) is 6.15. The lowest BCUT2D eigenvalue weighted by molar-refractivity contribution is -0.132. The van der Waals surface area contributed by atoms with Gasteiger partial charge in [0.15, 0.2) is 0 Å². The molecule has 6 heteroatoms. The molecule has 1 saturated heterocycles. The van der Waals surface area contributed by atoms with Gasteiger partial charge in [-0.3, -0.25) is 14.4 Å². The second-order valence-corrected chi connectivity index (χ2v) is 6.55. The van der Waals surface area contributed by atoms with Crippen LogP contribution in [0.5, 0.6) is 0 Å². The van der Waals surface area contributed by atoms with E-state index in [1.54, 1.807) is 15.8 Å². The molecule has 2 heterocycles. The predicted molar refractivity (Wildman–Crippen MR) is 80.6 cm³/mol. The van der Waals surface area contributed by atoms with Gasteiger partial charge in [-0.15, -0.1) is 0 Å². The normalized spacial score (nSPS) is 20.0. The Balaban J connectivity index is 1.91. The Hall–Kier alpha value is -1.40. The number of likely N-dealkylation sites (tertiary alicyclic amines) is 1. The molecule has 0 radical (unpaired) electrons. The Bertz CT molecular complexity index is 492. The van der Waals surface area contributed by atoms with E-state index >= 15 is 0 Å². The molecule has 0 spiro atoms. The van der Waals surface area contributed by atoms with Crippen molar-refractivity contribution in [2.45, 2.75) is 44.9 Å². The van der Waals surface area contributed by atoms with Crippen molar-refractivity contribution < 1.29 is 9.90 Å². The molecule has 1 fully saturated rings. The fraction of sp³-hybridized carbons (Fsp3) is 0.733. The molecular weight excluding hydrogens is 268 g/mol. The van der Waals surface area contributed by atoms with E-state index in [9.17, 15) is 9.90 Å². The predicted octanol–water partition coefficient (Wildman–Crippen LogP) is 0.614. The minimum absolute atomic E-state index is 0.0632. The number of aliphatic hydroxyl groups is 1. The molecule has 1 unspecified atom stereocenters. The van der Waals surface area contributed by atoms with Gasteiger partial charge in [0.2, 0.25) is 5.91 Å². The van der Waals surface area contributed by atoms with E-state index in [1.165, 1.54) is 0 Å². The summed E-state index contributed by atoms with van der Waals surface area (Å²) in [7, 11) is 3.67. The maximum atomic E-state index is 12.4. The van der Waals surface area contributed by atoms with E-state index in [-0.39, 0.29) is 11.9 Å². The minimum Gasteiger partial charge on any atom is -0.389 e. The van der Waals surface area contributed by atoms with Crippen molar-refractivity contribution in [3.05, 3.63) is 18.0 Å². The molecule has 6 nitrogen and oxygen atoms in total. The van der Waals surface area contributed by atoms with Crippen LogP contribution >= 0.6 is 0 Å². The minimum atomic E-state index is -0.765. The lowest BCUT2D eigenvalue weighted by Gasteiger charge is -2.34. The van der Waals surface area contributed by atoms with E-state index in [0.29, 0.717) is 13.1 Å². The molecule has 1 aliphatic rings. The standard InChI is InChI=1S/C15H26N4O2/c1-15(2,21)13-6-5-7-19(13)11-14(20)17(3)9-12-8-16-18(4)10-12/h8,10,13,21H,5-7,9,11H2,1-4H3. The van der Waals surface area contributed by atoms with Crippen LogP contribution in [0.1, 0.15) is 32.3 Å². The van der Waals surface area contributed by atoms with Crippen LogP contribution in [0.2, 0.25) is 0 Å². The van der Waals surface area contributed by atoms with Crippen molar-refractivity contribution >= 4 is 5.91 Å². The van der Waals surface area contributed by atoms with E-state index in [1.807, 2.05) is 34.1 Å². The smallest absolute Gasteiger partial charge is 0.236 e. The average Bonchev–Trinajstić information content (AvgIpc) is 2.97. The van der Waals surface area contributed by atoms with Gasteiger partial charge < -0.3 is 10.0 Å². The topological polar surface area (TPSA) is 61.6 Å². The lowest BCUT2D eigenvalue weighted by atomic mass is 9.97. The number of amides is 1. The lowest BCUT2D eigenvalue weighted by Crippen LogP contribution is -2.49. The van der Waals surface area contributed by atoms with Crippen LogP contribution in [0, 0.1) is 0 Å². The average molecular weight is 294 g/mol. The summed E-state index contributed by atoms with van der Waals surface area (Å²) in [5.41, 5.74) is 0.257. The number of hydrogen-bond acceptors (Lipinski definition) is 4. The SMILES string of the molecule is CN(Cc1cnn(C)c1)C(=O)CN1CCCC1C(C)(C)O. The van der Waals surface area contributed by atoms with Gasteiger partial charge in [-0.05, 0) is 33.2 Å². The van der Waals surface area contributed by atoms with Gasteiger partial charge >= 0.3 is 0 Å². The molecule has 0 aliphatic carbocycles. The molecule has 118 valence electrons. The Kier molecular flexibility index (Phi) is 4.68. The number of carbonyl (C=O) groups excluding carboxylic acids is 1. The Morgan fingerprint density at radius 1 is 1.57 bits per heavy atom. The van der Waals surface area contributed by atoms with Crippen molar-refractivity contribution in [3.8, 4) is 0 Å². The van der Waals surface area contributed by atoms with Crippen LogP contribution in [0.25, 0.3) is 0 Å². The van der Waals surface area contributed by atoms with Gasteiger partial charge in [0, 0.05) is 38.4 Å². The number of rotatable bonds is 5. The monoisotopic (exact) mass is 294 g/mol. The van der Waals surface area contributed by atoms with Gasteiger partial charge in [0.1, 0.15) is 0 Å². The highest BCUT2D eigenvalue weighted by Gasteiger charge is 2.36. The first kappa shape index (κ1) is 16.0. The van der Waals surface area contributed by atoms with Crippen LogP contribution in [-0.4, -0.2) is 62.4 Å². The Labute approximate surface area is 126 Å². The summed E-state index contributed by atoms with van der Waals surface area (Å²) in [6.07, 6.45) is 5.68. The first-order chi connectivity index (χ1) is 9.77. The maximum absolute atomic E-state index is 12.4. The third-order valence-electron chi connectivity index (χ3n) is 4.12. The maximum Gasteiger partial charge on any atom is 0.236 e. The molecular formula is C15H26N4O2. The van der Waals surface area contributed by atoms with E-state index in [4.69, 9.17) is 0 Å². The van der Waals surface area contributed by atoms with Crippen molar-refractivity contribution in [2.75, 3.05) is 20.1 Å². The van der Waals surface area contributed by atoms with Gasteiger partial charge in [-0.25, -0.2) is 0 Å². The first-order valence-corrected chi connectivity index (χ1v) is 7.45. The quantitative estimate of drug-likeness (QED) is 0.864. The van der Waals surface area contributed by atoms with Gasteiger partial charge in [0.05, 0.1) is 18.3 Å². The molecule has 1 N–H and O–H groups in total. The van der Waals surface area contributed by atoms with Crippen molar-refractivity contribution in [3.63, 3.8) is 0 Å². The second-order valence-electron chi connectivity index (χ2n) is 6.55. The zero-order valence-electron chi connectivity index (χ0n) is 13.4. The highest BCUT2D eigenvalue weighted by molar-refractivity contribution is 5.78. The molecule has 21 heavy (non-hydrogen) atoms. The molecule has 0 aromatic carbocycles. The third kappa shape index (κ3) is 4.04. The summed E-state index contributed by atoms with van der Waals surface area (Å²) >= 11 is 0. The van der Waals surface area contributed by atoms with Crippen LogP contribution in [0.3, 0.4) is 0 Å². The molecule has 0 saturated carbocycles. The number of aromatic nitrogens is 2. The molecule has 2 rings (SSSR count). The Morgan fingerprint density at radius 3 is 2.86 bits per heavy atom. The highest BCUT2D eigenvalue weighted by atomic mass is 16.3. The van der Waals surface area contributed by atoms with Crippen LogP contribution in [0.4, 0.5) is 0 Å². The van der Waals surface area contributed by atoms with Crippen molar-refractivity contribution in [2.24, 2.45) is 7.05 Å². The number of carbonyl (C=O) groups is 1. The summed E-state index contributed by atoms with van der Waals surface area (Å²) in [5, 5.41) is 14.3. The van der Waals surface area contributed by atoms with Crippen LogP contribution in [-0.2, 0) is 18.4 Å². The van der Waals surface area contributed by atoms with Crippen LogP contribution < -0.4 is 0 Å². The molecule has 1 aliphatic heterocycles. The number of nitrogens with zero attached hydrogens (tertiary/aromatic N) is 4. The zero-order chi connectivity index (χ0) is 15.6. The third-order valence-corrected chi connectivity index (χ3v) is 4.12.